The van der Waals surface area contributed by atoms with Gasteiger partial charge in [0.15, 0.2) is 11.6 Å². The minimum Gasteiger partial charge on any atom is -0.497 e. The molecule has 10 nitrogen and oxygen atoms in total. The van der Waals surface area contributed by atoms with Gasteiger partial charge in [0, 0.05) is 38.4 Å². The highest BCUT2D eigenvalue weighted by Crippen LogP contribution is 2.29. The first kappa shape index (κ1) is 21.2. The molecule has 0 aliphatic carbocycles. The summed E-state index contributed by atoms with van der Waals surface area (Å²) in [7, 11) is 3.14. The topological polar surface area (TPSA) is 105 Å². The molecule has 4 rings (SSSR count). The lowest BCUT2D eigenvalue weighted by Gasteiger charge is -2.35. The Morgan fingerprint density at radius 1 is 1.00 bits per heavy atom. The zero-order valence-electron chi connectivity index (χ0n) is 18.0. The summed E-state index contributed by atoms with van der Waals surface area (Å²) in [5, 5.41) is 14.6. The SMILES string of the molecule is COc1ccc(OC)c(NC(=O)N2CCN(c3ccc(Nc4cccnc4)nn3)CC2)c1. The fourth-order valence-electron chi connectivity index (χ4n) is 3.39. The molecule has 10 heteroatoms. The van der Waals surface area contributed by atoms with Crippen LogP contribution in [-0.4, -0.2) is 66.5 Å². The normalized spacial score (nSPS) is 13.4. The van der Waals surface area contributed by atoms with E-state index in [-0.39, 0.29) is 6.03 Å². The third-order valence-corrected chi connectivity index (χ3v) is 5.12. The van der Waals surface area contributed by atoms with Gasteiger partial charge in [0.2, 0.25) is 0 Å². The molecule has 3 aromatic rings. The van der Waals surface area contributed by atoms with E-state index < -0.39 is 0 Å². The van der Waals surface area contributed by atoms with Gasteiger partial charge in [-0.15, -0.1) is 10.2 Å². The van der Waals surface area contributed by atoms with Crippen molar-refractivity contribution in [1.29, 1.82) is 0 Å². The zero-order valence-corrected chi connectivity index (χ0v) is 18.0. The third-order valence-electron chi connectivity index (χ3n) is 5.12. The predicted molar refractivity (Wildman–Crippen MR) is 122 cm³/mol. The molecule has 0 bridgehead atoms. The number of nitrogens with zero attached hydrogens (tertiary/aromatic N) is 5. The highest BCUT2D eigenvalue weighted by Gasteiger charge is 2.23. The molecule has 166 valence electrons. The number of hydrogen-bond acceptors (Lipinski definition) is 8. The molecule has 0 radical (unpaired) electrons. The first-order chi connectivity index (χ1) is 15.7. The Hall–Kier alpha value is -4.08. The zero-order chi connectivity index (χ0) is 22.3. The van der Waals surface area contributed by atoms with E-state index in [2.05, 4.69) is 30.7 Å². The number of ether oxygens (including phenoxy) is 2. The molecule has 2 N–H and O–H groups in total. The van der Waals surface area contributed by atoms with Crippen molar-refractivity contribution in [3.8, 4) is 11.5 Å². The van der Waals surface area contributed by atoms with Crippen LogP contribution in [0.1, 0.15) is 0 Å². The molecular formula is C22H25N7O3. The Balaban J connectivity index is 1.32. The molecule has 1 fully saturated rings. The number of hydrogen-bond donors (Lipinski definition) is 2. The van der Waals surface area contributed by atoms with E-state index in [1.165, 1.54) is 0 Å². The summed E-state index contributed by atoms with van der Waals surface area (Å²) < 4.78 is 10.6. The molecule has 0 atom stereocenters. The van der Waals surface area contributed by atoms with E-state index in [0.717, 1.165) is 11.5 Å². The number of benzene rings is 1. The van der Waals surface area contributed by atoms with Crippen molar-refractivity contribution in [1.82, 2.24) is 20.1 Å². The molecule has 1 aromatic carbocycles. The van der Waals surface area contributed by atoms with Crippen molar-refractivity contribution in [2.75, 3.05) is 55.9 Å². The second-order valence-electron chi connectivity index (χ2n) is 7.11. The summed E-state index contributed by atoms with van der Waals surface area (Å²) in [4.78, 5) is 20.7. The monoisotopic (exact) mass is 435 g/mol. The van der Waals surface area contributed by atoms with Crippen LogP contribution in [0, 0.1) is 0 Å². The van der Waals surface area contributed by atoms with Crippen molar-refractivity contribution in [3.05, 3.63) is 54.9 Å². The van der Waals surface area contributed by atoms with Crippen LogP contribution in [0.4, 0.5) is 27.8 Å². The lowest BCUT2D eigenvalue weighted by atomic mass is 10.2. The van der Waals surface area contributed by atoms with Gasteiger partial charge in [-0.1, -0.05) is 0 Å². The first-order valence-corrected chi connectivity index (χ1v) is 10.2. The summed E-state index contributed by atoms with van der Waals surface area (Å²) in [6, 6.07) is 12.7. The molecule has 2 aromatic heterocycles. The predicted octanol–water partition coefficient (Wildman–Crippen LogP) is 2.99. The largest absolute Gasteiger partial charge is 0.497 e. The molecule has 1 aliphatic rings. The number of nitrogens with one attached hydrogen (secondary N) is 2. The highest BCUT2D eigenvalue weighted by molar-refractivity contribution is 5.91. The van der Waals surface area contributed by atoms with E-state index in [1.807, 2.05) is 24.3 Å². The smallest absolute Gasteiger partial charge is 0.322 e. The number of carbonyl (C=O) groups excluding carboxylic acids is 1. The minimum absolute atomic E-state index is 0.182. The molecule has 1 saturated heterocycles. The standard InChI is InChI=1S/C22H25N7O3/c1-31-17-5-6-19(32-2)18(14-17)25-22(30)29-12-10-28(11-13-29)21-8-7-20(26-27-21)24-16-4-3-9-23-15-16/h3-9,14-15H,10-13H2,1-2H3,(H,24,26)(H,25,30). The van der Waals surface area contributed by atoms with E-state index >= 15 is 0 Å². The first-order valence-electron chi connectivity index (χ1n) is 10.2. The number of piperazine rings is 1. The van der Waals surface area contributed by atoms with Crippen LogP contribution in [0.5, 0.6) is 11.5 Å². The maximum Gasteiger partial charge on any atom is 0.322 e. The Labute approximate surface area is 186 Å². The van der Waals surface area contributed by atoms with Gasteiger partial charge in [-0.2, -0.15) is 0 Å². The van der Waals surface area contributed by atoms with Crippen molar-refractivity contribution >= 4 is 29.0 Å². The van der Waals surface area contributed by atoms with Gasteiger partial charge in [-0.25, -0.2) is 4.79 Å². The van der Waals surface area contributed by atoms with Gasteiger partial charge in [-0.05, 0) is 36.4 Å². The number of pyridine rings is 1. The summed E-state index contributed by atoms with van der Waals surface area (Å²) in [5.74, 6) is 2.64. The van der Waals surface area contributed by atoms with Crippen molar-refractivity contribution < 1.29 is 14.3 Å². The maximum atomic E-state index is 12.8. The number of aromatic nitrogens is 3. The van der Waals surface area contributed by atoms with E-state index in [9.17, 15) is 4.79 Å². The molecule has 32 heavy (non-hydrogen) atoms. The second-order valence-corrected chi connectivity index (χ2v) is 7.11. The molecule has 0 spiro atoms. The fraction of sp³-hybridized carbons (Fsp3) is 0.273. The lowest BCUT2D eigenvalue weighted by Crippen LogP contribution is -2.50. The van der Waals surface area contributed by atoms with E-state index in [1.54, 1.807) is 49.7 Å². The van der Waals surface area contributed by atoms with Gasteiger partial charge >= 0.3 is 6.03 Å². The Bertz CT molecular complexity index is 1040. The number of amides is 2. The Kier molecular flexibility index (Phi) is 6.49. The molecular weight excluding hydrogens is 410 g/mol. The van der Waals surface area contributed by atoms with Gasteiger partial charge in [0.25, 0.3) is 0 Å². The number of anilines is 4. The quantitative estimate of drug-likeness (QED) is 0.609. The fourth-order valence-corrected chi connectivity index (χ4v) is 3.39. The Morgan fingerprint density at radius 3 is 2.50 bits per heavy atom. The summed E-state index contributed by atoms with van der Waals surface area (Å²) in [5.41, 5.74) is 1.42. The van der Waals surface area contributed by atoms with E-state index in [0.29, 0.717) is 49.2 Å². The van der Waals surface area contributed by atoms with Crippen molar-refractivity contribution in [2.45, 2.75) is 0 Å². The van der Waals surface area contributed by atoms with Gasteiger partial charge in [-0.3, -0.25) is 4.98 Å². The molecule has 0 unspecified atom stereocenters. The van der Waals surface area contributed by atoms with Gasteiger partial charge in [0.1, 0.15) is 11.5 Å². The van der Waals surface area contributed by atoms with Gasteiger partial charge in [0.05, 0.1) is 31.8 Å². The van der Waals surface area contributed by atoms with Crippen LogP contribution in [0.2, 0.25) is 0 Å². The molecule has 1 aliphatic heterocycles. The van der Waals surface area contributed by atoms with Crippen LogP contribution < -0.4 is 25.0 Å². The number of rotatable bonds is 6. The van der Waals surface area contributed by atoms with Crippen molar-refractivity contribution in [2.24, 2.45) is 0 Å². The summed E-state index contributed by atoms with van der Waals surface area (Å²) in [6.07, 6.45) is 3.44. The highest BCUT2D eigenvalue weighted by atomic mass is 16.5. The average molecular weight is 435 g/mol. The molecule has 3 heterocycles. The third kappa shape index (κ3) is 4.97. The summed E-state index contributed by atoms with van der Waals surface area (Å²) >= 11 is 0. The molecule has 0 saturated carbocycles. The molecule has 2 amide bonds. The van der Waals surface area contributed by atoms with Crippen LogP contribution in [-0.2, 0) is 0 Å². The maximum absolute atomic E-state index is 12.8. The van der Waals surface area contributed by atoms with Crippen LogP contribution >= 0.6 is 0 Å². The average Bonchev–Trinajstić information content (AvgIpc) is 2.85. The van der Waals surface area contributed by atoms with Crippen LogP contribution in [0.15, 0.2) is 54.9 Å². The number of carbonyl (C=O) groups is 1. The Morgan fingerprint density at radius 2 is 1.84 bits per heavy atom. The number of urea groups is 1. The second kappa shape index (κ2) is 9.82. The van der Waals surface area contributed by atoms with Crippen LogP contribution in [0.25, 0.3) is 0 Å². The lowest BCUT2D eigenvalue weighted by molar-refractivity contribution is 0.208. The summed E-state index contributed by atoms with van der Waals surface area (Å²) in [6.45, 7) is 2.45. The van der Waals surface area contributed by atoms with Gasteiger partial charge < -0.3 is 29.9 Å². The van der Waals surface area contributed by atoms with E-state index in [4.69, 9.17) is 9.47 Å². The minimum atomic E-state index is -0.182. The van der Waals surface area contributed by atoms with Crippen molar-refractivity contribution in [3.63, 3.8) is 0 Å². The van der Waals surface area contributed by atoms with Crippen LogP contribution in [0.3, 0.4) is 0 Å². The number of methoxy groups -OCH3 is 2.